The van der Waals surface area contributed by atoms with Gasteiger partial charge in [0.25, 0.3) is 0 Å². The molecule has 3 heterocycles. The predicted octanol–water partition coefficient (Wildman–Crippen LogP) is 3.53. The minimum Gasteiger partial charge on any atom is -0.353 e. The van der Waals surface area contributed by atoms with Gasteiger partial charge >= 0.3 is 6.18 Å². The third-order valence-corrected chi connectivity index (χ3v) is 5.17. The number of benzene rings is 1. The SMILES string of the molecule is O=C(Cc1ccc(C(F)(F)F)cc1)N1CCN(c2cc(Nc3ccccn3)ncn2)CC1. The van der Waals surface area contributed by atoms with Gasteiger partial charge < -0.3 is 15.1 Å². The fourth-order valence-corrected chi connectivity index (χ4v) is 3.44. The van der Waals surface area contributed by atoms with Gasteiger partial charge in [-0.1, -0.05) is 18.2 Å². The molecule has 1 aliphatic rings. The molecule has 0 unspecified atom stereocenters. The molecule has 32 heavy (non-hydrogen) atoms. The van der Waals surface area contributed by atoms with E-state index in [1.807, 2.05) is 24.3 Å². The number of nitrogens with one attached hydrogen (secondary N) is 1. The van der Waals surface area contributed by atoms with Crippen LogP contribution in [0.15, 0.2) is 61.1 Å². The minimum atomic E-state index is -4.38. The minimum absolute atomic E-state index is 0.0732. The van der Waals surface area contributed by atoms with Gasteiger partial charge in [-0.25, -0.2) is 15.0 Å². The average Bonchev–Trinajstić information content (AvgIpc) is 2.80. The van der Waals surface area contributed by atoms with Gasteiger partial charge in [0.05, 0.1) is 12.0 Å². The number of piperazine rings is 1. The van der Waals surface area contributed by atoms with Crippen molar-refractivity contribution in [3.05, 3.63) is 72.2 Å². The van der Waals surface area contributed by atoms with Crippen LogP contribution in [-0.4, -0.2) is 51.9 Å². The van der Waals surface area contributed by atoms with Crippen LogP contribution in [0.1, 0.15) is 11.1 Å². The summed E-state index contributed by atoms with van der Waals surface area (Å²) in [6.07, 6.45) is -1.15. The fraction of sp³-hybridized carbons (Fsp3) is 0.273. The number of hydrogen-bond acceptors (Lipinski definition) is 6. The summed E-state index contributed by atoms with van der Waals surface area (Å²) in [5, 5.41) is 3.13. The van der Waals surface area contributed by atoms with Crippen LogP contribution in [0.4, 0.5) is 30.6 Å². The lowest BCUT2D eigenvalue weighted by molar-refractivity contribution is -0.137. The summed E-state index contributed by atoms with van der Waals surface area (Å²) in [6.45, 7) is 2.20. The number of rotatable bonds is 5. The molecule has 166 valence electrons. The second-order valence-corrected chi connectivity index (χ2v) is 7.34. The number of nitrogens with zero attached hydrogens (tertiary/aromatic N) is 5. The number of carbonyl (C=O) groups is 1. The van der Waals surface area contributed by atoms with E-state index in [1.54, 1.807) is 11.1 Å². The van der Waals surface area contributed by atoms with E-state index in [9.17, 15) is 18.0 Å². The van der Waals surface area contributed by atoms with E-state index in [1.165, 1.54) is 18.5 Å². The van der Waals surface area contributed by atoms with E-state index in [0.29, 0.717) is 43.4 Å². The van der Waals surface area contributed by atoms with Crippen LogP contribution in [0, 0.1) is 0 Å². The highest BCUT2D eigenvalue weighted by atomic mass is 19.4. The van der Waals surface area contributed by atoms with Gasteiger partial charge in [-0.15, -0.1) is 0 Å². The Morgan fingerprint density at radius 1 is 0.938 bits per heavy atom. The third-order valence-electron chi connectivity index (χ3n) is 5.17. The van der Waals surface area contributed by atoms with E-state index < -0.39 is 11.7 Å². The molecule has 1 saturated heterocycles. The number of pyridine rings is 1. The maximum absolute atomic E-state index is 12.7. The van der Waals surface area contributed by atoms with E-state index >= 15 is 0 Å². The van der Waals surface area contributed by atoms with Crippen molar-refractivity contribution in [3.8, 4) is 0 Å². The summed E-state index contributed by atoms with van der Waals surface area (Å²) < 4.78 is 38.1. The molecular weight excluding hydrogens is 421 g/mol. The number of aromatic nitrogens is 3. The molecule has 2 aromatic heterocycles. The summed E-state index contributed by atoms with van der Waals surface area (Å²) >= 11 is 0. The zero-order valence-corrected chi connectivity index (χ0v) is 17.1. The third kappa shape index (κ3) is 5.32. The Morgan fingerprint density at radius 2 is 1.69 bits per heavy atom. The number of anilines is 3. The maximum Gasteiger partial charge on any atom is 0.416 e. The summed E-state index contributed by atoms with van der Waals surface area (Å²) in [5.41, 5.74) is -0.157. The molecule has 3 aromatic rings. The first-order chi connectivity index (χ1) is 15.4. The molecule has 0 radical (unpaired) electrons. The number of amides is 1. The Hall–Kier alpha value is -3.69. The molecule has 1 amide bonds. The Morgan fingerprint density at radius 3 is 2.34 bits per heavy atom. The number of halogens is 3. The molecule has 0 bridgehead atoms. The Kier molecular flexibility index (Phi) is 6.20. The molecule has 0 spiro atoms. The molecule has 0 atom stereocenters. The quantitative estimate of drug-likeness (QED) is 0.652. The number of carbonyl (C=O) groups excluding carboxylic acids is 1. The van der Waals surface area contributed by atoms with Crippen LogP contribution in [0.2, 0.25) is 0 Å². The van der Waals surface area contributed by atoms with Gasteiger partial charge in [0.1, 0.15) is 23.8 Å². The van der Waals surface area contributed by atoms with Gasteiger partial charge in [0.2, 0.25) is 5.91 Å². The standard InChI is InChI=1S/C22H21F3N6O/c23-22(24,25)17-6-4-16(5-7-17)13-21(32)31-11-9-30(10-12-31)20-14-19(27-15-28-20)29-18-3-1-2-8-26-18/h1-8,14-15H,9-13H2,(H,26,27,28,29). The zero-order valence-electron chi connectivity index (χ0n) is 17.1. The smallest absolute Gasteiger partial charge is 0.353 e. The molecule has 7 nitrogen and oxygen atoms in total. The van der Waals surface area contributed by atoms with Crippen LogP contribution in [-0.2, 0) is 17.4 Å². The normalized spacial score (nSPS) is 14.3. The first-order valence-corrected chi connectivity index (χ1v) is 10.1. The van der Waals surface area contributed by atoms with Crippen molar-refractivity contribution < 1.29 is 18.0 Å². The molecule has 1 aliphatic heterocycles. The van der Waals surface area contributed by atoms with Crippen LogP contribution in [0.3, 0.4) is 0 Å². The van der Waals surface area contributed by atoms with E-state index in [2.05, 4.69) is 25.2 Å². The lowest BCUT2D eigenvalue weighted by atomic mass is 10.1. The van der Waals surface area contributed by atoms with Crippen molar-refractivity contribution in [3.63, 3.8) is 0 Å². The van der Waals surface area contributed by atoms with Crippen LogP contribution >= 0.6 is 0 Å². The second-order valence-electron chi connectivity index (χ2n) is 7.34. The van der Waals surface area contributed by atoms with E-state index in [0.717, 1.165) is 18.0 Å². The summed E-state index contributed by atoms with van der Waals surface area (Å²) in [7, 11) is 0. The van der Waals surface area contributed by atoms with Gasteiger partial charge in [-0.3, -0.25) is 4.79 Å². The second kappa shape index (κ2) is 9.21. The zero-order chi connectivity index (χ0) is 22.6. The largest absolute Gasteiger partial charge is 0.416 e. The summed E-state index contributed by atoms with van der Waals surface area (Å²) in [5.74, 6) is 1.93. The maximum atomic E-state index is 12.7. The summed E-state index contributed by atoms with van der Waals surface area (Å²) in [6, 6.07) is 12.1. The Bertz CT molecular complexity index is 1050. The van der Waals surface area contributed by atoms with Crippen molar-refractivity contribution in [2.24, 2.45) is 0 Å². The molecular formula is C22H21F3N6O. The van der Waals surface area contributed by atoms with Crippen molar-refractivity contribution in [1.82, 2.24) is 19.9 Å². The van der Waals surface area contributed by atoms with Crippen molar-refractivity contribution in [2.75, 3.05) is 36.4 Å². The topological polar surface area (TPSA) is 74.2 Å². The van der Waals surface area contributed by atoms with Crippen molar-refractivity contribution in [1.29, 1.82) is 0 Å². The lowest BCUT2D eigenvalue weighted by Crippen LogP contribution is -2.49. The van der Waals surface area contributed by atoms with Crippen LogP contribution < -0.4 is 10.2 Å². The van der Waals surface area contributed by atoms with Crippen molar-refractivity contribution in [2.45, 2.75) is 12.6 Å². The highest BCUT2D eigenvalue weighted by Gasteiger charge is 2.30. The van der Waals surface area contributed by atoms with E-state index in [-0.39, 0.29) is 12.3 Å². The monoisotopic (exact) mass is 442 g/mol. The number of hydrogen-bond donors (Lipinski definition) is 1. The molecule has 1 fully saturated rings. The fourth-order valence-electron chi connectivity index (χ4n) is 3.44. The van der Waals surface area contributed by atoms with Crippen LogP contribution in [0.25, 0.3) is 0 Å². The molecule has 10 heteroatoms. The van der Waals surface area contributed by atoms with Gasteiger partial charge in [0, 0.05) is 38.4 Å². The molecule has 1 aromatic carbocycles. The van der Waals surface area contributed by atoms with Gasteiger partial charge in [-0.05, 0) is 29.8 Å². The number of alkyl halides is 3. The Labute approximate surface area is 182 Å². The molecule has 0 aliphatic carbocycles. The summed E-state index contributed by atoms with van der Waals surface area (Å²) in [4.78, 5) is 29.1. The predicted molar refractivity (Wildman–Crippen MR) is 113 cm³/mol. The van der Waals surface area contributed by atoms with Crippen molar-refractivity contribution >= 4 is 23.4 Å². The van der Waals surface area contributed by atoms with Gasteiger partial charge in [-0.2, -0.15) is 13.2 Å². The highest BCUT2D eigenvalue weighted by Crippen LogP contribution is 2.29. The van der Waals surface area contributed by atoms with Crippen LogP contribution in [0.5, 0.6) is 0 Å². The van der Waals surface area contributed by atoms with Gasteiger partial charge in [0.15, 0.2) is 0 Å². The first-order valence-electron chi connectivity index (χ1n) is 10.1. The average molecular weight is 442 g/mol. The molecule has 0 saturated carbocycles. The lowest BCUT2D eigenvalue weighted by Gasteiger charge is -2.35. The molecule has 1 N–H and O–H groups in total. The first kappa shape index (κ1) is 21.5. The molecule has 4 rings (SSSR count). The highest BCUT2D eigenvalue weighted by molar-refractivity contribution is 5.79. The van der Waals surface area contributed by atoms with E-state index in [4.69, 9.17) is 0 Å². The Balaban J connectivity index is 1.32.